The lowest BCUT2D eigenvalue weighted by Gasteiger charge is -2.49. The Balaban J connectivity index is 1.10. The van der Waals surface area contributed by atoms with Crippen LogP contribution in [0.25, 0.3) is 0 Å². The Morgan fingerprint density at radius 1 is 0.964 bits per heavy atom. The Bertz CT molecular complexity index is 2210. The highest BCUT2D eigenvalue weighted by atomic mass is 79.9. The zero-order valence-electron chi connectivity index (χ0n) is 29.7. The van der Waals surface area contributed by atoms with Crippen molar-refractivity contribution in [3.05, 3.63) is 170 Å². The zero-order chi connectivity index (χ0) is 39.2. The molecule has 0 radical (unpaired) electrons. The number of ether oxygens (including phenoxy) is 1. The number of β-lactam (4-membered cyclic amide) rings is 1. The number of anilines is 1. The summed E-state index contributed by atoms with van der Waals surface area (Å²) in [4.78, 5) is 62.6. The number of benzene rings is 4. The highest BCUT2D eigenvalue weighted by Crippen LogP contribution is 2.42. The highest BCUT2D eigenvalue weighted by Gasteiger charge is 2.54. The van der Waals surface area contributed by atoms with Crippen molar-refractivity contribution in [2.75, 3.05) is 23.5 Å². The molecular weight excluding hydrogens is 821 g/mol. The number of carbonyl (C=O) groups excluding carboxylic acids is 3. The van der Waals surface area contributed by atoms with Crippen LogP contribution in [0.15, 0.2) is 137 Å². The fraction of sp³-hybridized carbons (Fsp3) is 0.175. The van der Waals surface area contributed by atoms with Gasteiger partial charge in [0.2, 0.25) is 0 Å². The van der Waals surface area contributed by atoms with Crippen LogP contribution in [-0.2, 0) is 36.1 Å². The van der Waals surface area contributed by atoms with E-state index in [1.807, 2.05) is 54.6 Å². The standard InChI is InChI=1S/C40H33BrN6O7S2/c1-53-45-32(31-24-56-39(42-31)44-40(27-11-5-2-6-12-27,28-13-7-3-8-14-28)29-15-9-4-10-16-29)35(48)43-33-36(49)46-34(26(21-41)23-55-37(33)46)38(50)54-22-25-17-19-30(20-18-25)47(51)52/h2-20,24,33,37H,21-23H2,1H3,(H,42,44)(H,43,48)/b45-32-/t33?,37-/m1/s1. The summed E-state index contributed by atoms with van der Waals surface area (Å²) in [5, 5.41) is 23.4. The molecular formula is C40H33BrN6O7S2. The van der Waals surface area contributed by atoms with Gasteiger partial charge < -0.3 is 20.2 Å². The maximum atomic E-state index is 13.9. The van der Waals surface area contributed by atoms with Crippen LogP contribution < -0.4 is 10.6 Å². The average molecular weight is 854 g/mol. The molecule has 7 rings (SSSR count). The fourth-order valence-corrected chi connectivity index (χ4v) is 9.42. The van der Waals surface area contributed by atoms with E-state index in [-0.39, 0.29) is 29.4 Å². The number of thiazole rings is 1. The highest BCUT2D eigenvalue weighted by molar-refractivity contribution is 9.09. The van der Waals surface area contributed by atoms with Crippen LogP contribution in [0.5, 0.6) is 0 Å². The maximum Gasteiger partial charge on any atom is 0.355 e. The average Bonchev–Trinajstić information content (AvgIpc) is 3.71. The summed E-state index contributed by atoms with van der Waals surface area (Å²) >= 11 is 6.11. The summed E-state index contributed by atoms with van der Waals surface area (Å²) in [6.07, 6.45) is 0. The number of amides is 2. The van der Waals surface area contributed by atoms with Crippen LogP contribution >= 0.6 is 39.0 Å². The summed E-state index contributed by atoms with van der Waals surface area (Å²) in [5.41, 5.74) is 3.38. The van der Waals surface area contributed by atoms with E-state index in [2.05, 4.69) is 68.1 Å². The number of oxime groups is 1. The third-order valence-corrected chi connectivity index (χ3v) is 12.0. The number of esters is 1. The topological polar surface area (TPSA) is 165 Å². The van der Waals surface area contributed by atoms with E-state index in [0.717, 1.165) is 16.7 Å². The first-order chi connectivity index (χ1) is 27.2. The number of fused-ring (bicyclic) bond motifs is 1. The molecule has 0 bridgehead atoms. The molecule has 13 nitrogen and oxygen atoms in total. The fourth-order valence-electron chi connectivity index (χ4n) is 6.59. The number of carbonyl (C=O) groups is 3. The molecule has 56 heavy (non-hydrogen) atoms. The lowest BCUT2D eigenvalue weighted by Crippen LogP contribution is -2.71. The van der Waals surface area contributed by atoms with Gasteiger partial charge in [0.15, 0.2) is 10.8 Å². The quantitative estimate of drug-likeness (QED) is 0.0237. The zero-order valence-corrected chi connectivity index (χ0v) is 32.9. The molecule has 2 N–H and O–H groups in total. The third kappa shape index (κ3) is 7.54. The van der Waals surface area contributed by atoms with Crippen molar-refractivity contribution >= 4 is 73.3 Å². The normalized spacial score (nSPS) is 16.7. The molecule has 0 spiro atoms. The van der Waals surface area contributed by atoms with Gasteiger partial charge in [0.25, 0.3) is 17.5 Å². The van der Waals surface area contributed by atoms with Crippen molar-refractivity contribution in [1.82, 2.24) is 15.2 Å². The first-order valence-electron chi connectivity index (χ1n) is 17.2. The van der Waals surface area contributed by atoms with Crippen LogP contribution in [0.2, 0.25) is 0 Å². The van der Waals surface area contributed by atoms with Crippen LogP contribution in [-0.4, -0.2) is 67.9 Å². The molecule has 2 amide bonds. The van der Waals surface area contributed by atoms with Crippen molar-refractivity contribution in [1.29, 1.82) is 0 Å². The number of alkyl halides is 1. The van der Waals surface area contributed by atoms with Crippen molar-refractivity contribution in [3.8, 4) is 0 Å². The summed E-state index contributed by atoms with van der Waals surface area (Å²) in [5.74, 6) is -1.49. The molecule has 4 aromatic carbocycles. The number of hydrogen-bond acceptors (Lipinski definition) is 12. The predicted molar refractivity (Wildman–Crippen MR) is 217 cm³/mol. The van der Waals surface area contributed by atoms with Gasteiger partial charge in [-0.3, -0.25) is 24.6 Å². The molecule has 2 atom stereocenters. The number of aromatic nitrogens is 1. The lowest BCUT2D eigenvalue weighted by atomic mass is 9.77. The summed E-state index contributed by atoms with van der Waals surface area (Å²) in [6, 6.07) is 34.8. The molecule has 0 aliphatic carbocycles. The van der Waals surface area contributed by atoms with Crippen LogP contribution in [0.3, 0.4) is 0 Å². The maximum absolute atomic E-state index is 13.9. The molecule has 5 aromatic rings. The van der Waals surface area contributed by atoms with Gasteiger partial charge in [-0.1, -0.05) is 112 Å². The molecule has 0 saturated carbocycles. The summed E-state index contributed by atoms with van der Waals surface area (Å²) < 4.78 is 5.54. The number of halogens is 1. The van der Waals surface area contributed by atoms with Gasteiger partial charge in [-0.2, -0.15) is 0 Å². The Hall–Kier alpha value is -5.84. The number of nitro groups is 1. The first-order valence-corrected chi connectivity index (χ1v) is 20.3. The van der Waals surface area contributed by atoms with E-state index in [4.69, 9.17) is 14.6 Å². The van der Waals surface area contributed by atoms with E-state index in [1.165, 1.54) is 59.4 Å². The van der Waals surface area contributed by atoms with E-state index in [1.54, 1.807) is 5.38 Å². The van der Waals surface area contributed by atoms with Gasteiger partial charge >= 0.3 is 5.97 Å². The number of hydrogen-bond donors (Lipinski definition) is 2. The Kier molecular flexibility index (Phi) is 11.6. The second kappa shape index (κ2) is 16.9. The third-order valence-electron chi connectivity index (χ3n) is 9.26. The molecule has 1 unspecified atom stereocenters. The second-order valence-electron chi connectivity index (χ2n) is 12.6. The van der Waals surface area contributed by atoms with Gasteiger partial charge in [0.05, 0.1) is 4.92 Å². The van der Waals surface area contributed by atoms with E-state index in [9.17, 15) is 24.5 Å². The number of nitro benzene ring substituents is 1. The number of nitrogens with zero attached hydrogens (tertiary/aromatic N) is 4. The minimum atomic E-state index is -0.970. The first kappa shape index (κ1) is 38.4. The lowest BCUT2D eigenvalue weighted by molar-refractivity contribution is -0.384. The van der Waals surface area contributed by atoms with Crippen molar-refractivity contribution in [2.45, 2.75) is 23.6 Å². The smallest absolute Gasteiger partial charge is 0.355 e. The second-order valence-corrected chi connectivity index (χ2v) is 15.1. The predicted octanol–water partition coefficient (Wildman–Crippen LogP) is 6.60. The SMILES string of the molecule is CO/N=C(\C(=O)NC1C(=O)N2C(C(=O)OCc3ccc([N+](=O)[O-])cc3)=C(CBr)CS[C@H]12)c1csc(NC(c2ccccc2)(c2ccccc2)c2ccccc2)n1. The number of nitrogens with one attached hydrogen (secondary N) is 2. The molecule has 284 valence electrons. The molecule has 1 fully saturated rings. The summed E-state index contributed by atoms with van der Waals surface area (Å²) in [6.45, 7) is -0.152. The summed E-state index contributed by atoms with van der Waals surface area (Å²) in [7, 11) is 1.32. The number of thioether (sulfide) groups is 1. The Morgan fingerprint density at radius 2 is 1.55 bits per heavy atom. The molecule has 2 aliphatic heterocycles. The van der Waals surface area contributed by atoms with Gasteiger partial charge in [-0.05, 0) is 40.0 Å². The van der Waals surface area contributed by atoms with E-state index < -0.39 is 39.7 Å². The van der Waals surface area contributed by atoms with Crippen LogP contribution in [0.1, 0.15) is 27.9 Å². The van der Waals surface area contributed by atoms with Gasteiger partial charge in [0.1, 0.15) is 42.1 Å². The van der Waals surface area contributed by atoms with Crippen molar-refractivity contribution in [3.63, 3.8) is 0 Å². The monoisotopic (exact) mass is 852 g/mol. The molecule has 1 saturated heterocycles. The number of non-ortho nitro benzene ring substituents is 1. The largest absolute Gasteiger partial charge is 0.456 e. The Labute approximate surface area is 338 Å². The molecule has 2 aliphatic rings. The van der Waals surface area contributed by atoms with Gasteiger partial charge in [-0.15, -0.1) is 23.1 Å². The van der Waals surface area contributed by atoms with Crippen LogP contribution in [0.4, 0.5) is 10.8 Å². The van der Waals surface area contributed by atoms with E-state index in [0.29, 0.717) is 27.4 Å². The minimum absolute atomic E-state index is 0.0856. The number of rotatable bonds is 14. The Morgan fingerprint density at radius 3 is 2.09 bits per heavy atom. The van der Waals surface area contributed by atoms with Gasteiger partial charge in [-0.25, -0.2) is 9.78 Å². The molecule has 1 aromatic heterocycles. The molecule has 3 heterocycles. The van der Waals surface area contributed by atoms with Crippen LogP contribution in [0, 0.1) is 10.1 Å². The molecule has 16 heteroatoms. The van der Waals surface area contributed by atoms with Crippen molar-refractivity contribution < 1.29 is 28.9 Å². The van der Waals surface area contributed by atoms with E-state index >= 15 is 0 Å². The van der Waals surface area contributed by atoms with Gasteiger partial charge in [0, 0.05) is 28.6 Å². The van der Waals surface area contributed by atoms with Crippen molar-refractivity contribution in [2.24, 2.45) is 5.16 Å². The minimum Gasteiger partial charge on any atom is -0.456 e.